The second-order valence-electron chi connectivity index (χ2n) is 6.45. The highest BCUT2D eigenvalue weighted by Gasteiger charge is 2.39. The Morgan fingerprint density at radius 1 is 0.905 bits per heavy atom. The van der Waals surface area contributed by atoms with E-state index in [0.717, 1.165) is 50.5 Å². The zero-order valence-electron chi connectivity index (χ0n) is 12.7. The van der Waals surface area contributed by atoms with Gasteiger partial charge in [-0.25, -0.2) is 0 Å². The first-order valence-corrected chi connectivity index (χ1v) is 8.28. The molecule has 1 N–H and O–H groups in total. The van der Waals surface area contributed by atoms with E-state index in [4.69, 9.17) is 9.47 Å². The molecule has 0 aromatic heterocycles. The zero-order chi connectivity index (χ0) is 14.6. The summed E-state index contributed by atoms with van der Waals surface area (Å²) >= 11 is 0. The molecule has 1 saturated carbocycles. The quantitative estimate of drug-likeness (QED) is 0.897. The minimum Gasteiger partial charge on any atom is -0.390 e. The maximum Gasteiger partial charge on any atom is 0.194 e. The Labute approximate surface area is 127 Å². The molecule has 3 heteroatoms. The van der Waals surface area contributed by atoms with Crippen molar-refractivity contribution in [2.24, 2.45) is 0 Å². The van der Waals surface area contributed by atoms with Gasteiger partial charge in [-0.1, -0.05) is 49.6 Å². The molecule has 0 bridgehead atoms. The van der Waals surface area contributed by atoms with Crippen LogP contribution in [0.2, 0.25) is 0 Å². The van der Waals surface area contributed by atoms with Crippen molar-refractivity contribution < 1.29 is 14.6 Å². The van der Waals surface area contributed by atoms with E-state index < -0.39 is 11.4 Å². The van der Waals surface area contributed by atoms with E-state index in [2.05, 4.69) is 12.1 Å². The van der Waals surface area contributed by atoms with Crippen LogP contribution in [0.5, 0.6) is 0 Å². The molecule has 1 aliphatic heterocycles. The van der Waals surface area contributed by atoms with Gasteiger partial charge in [0.2, 0.25) is 0 Å². The van der Waals surface area contributed by atoms with E-state index in [-0.39, 0.29) is 0 Å². The third-order valence-electron chi connectivity index (χ3n) is 4.90. The van der Waals surface area contributed by atoms with Crippen LogP contribution in [0.3, 0.4) is 0 Å². The normalized spacial score (nSPS) is 24.0. The van der Waals surface area contributed by atoms with Crippen LogP contribution in [0.1, 0.15) is 56.9 Å². The molecule has 0 radical (unpaired) electrons. The second-order valence-corrected chi connectivity index (χ2v) is 6.45. The monoisotopic (exact) mass is 290 g/mol. The molecule has 3 nitrogen and oxygen atoms in total. The van der Waals surface area contributed by atoms with Gasteiger partial charge < -0.3 is 14.6 Å². The van der Waals surface area contributed by atoms with Gasteiger partial charge in [0.1, 0.15) is 0 Å². The fourth-order valence-corrected chi connectivity index (χ4v) is 3.71. The molecule has 0 spiro atoms. The molecule has 1 saturated heterocycles. The first-order valence-electron chi connectivity index (χ1n) is 8.28. The van der Waals surface area contributed by atoms with Crippen molar-refractivity contribution >= 4 is 0 Å². The summed E-state index contributed by atoms with van der Waals surface area (Å²) in [6.45, 7) is 1.30. The second kappa shape index (κ2) is 6.47. The predicted molar refractivity (Wildman–Crippen MR) is 81.9 cm³/mol. The number of rotatable bonds is 5. The Hall–Kier alpha value is -0.900. The standard InChI is InChI=1S/C18H26O3/c19-17(10-5-2-6-11-17)12-7-13-18(20-14-15-21-18)16-8-3-1-4-9-16/h1,3-4,8-9,19H,2,5-7,10-15H2. The highest BCUT2D eigenvalue weighted by Crippen LogP contribution is 2.39. The molecule has 1 aliphatic carbocycles. The van der Waals surface area contributed by atoms with Crippen LogP contribution >= 0.6 is 0 Å². The SMILES string of the molecule is OC1(CCCC2(c3ccccc3)OCCO2)CCCCC1. The molecular formula is C18H26O3. The average molecular weight is 290 g/mol. The van der Waals surface area contributed by atoms with Gasteiger partial charge in [0, 0.05) is 12.0 Å². The summed E-state index contributed by atoms with van der Waals surface area (Å²) in [5, 5.41) is 10.6. The van der Waals surface area contributed by atoms with Crippen LogP contribution in [0, 0.1) is 0 Å². The summed E-state index contributed by atoms with van der Waals surface area (Å²) in [6.07, 6.45) is 8.10. The van der Waals surface area contributed by atoms with Crippen molar-refractivity contribution in [3.05, 3.63) is 35.9 Å². The number of aliphatic hydroxyl groups is 1. The lowest BCUT2D eigenvalue weighted by atomic mass is 9.81. The van der Waals surface area contributed by atoms with Gasteiger partial charge in [0.05, 0.1) is 18.8 Å². The minimum absolute atomic E-state index is 0.450. The topological polar surface area (TPSA) is 38.7 Å². The van der Waals surface area contributed by atoms with Gasteiger partial charge in [-0.15, -0.1) is 0 Å². The Bertz CT molecular complexity index is 431. The Kier molecular flexibility index (Phi) is 4.63. The van der Waals surface area contributed by atoms with Crippen molar-refractivity contribution in [3.8, 4) is 0 Å². The van der Waals surface area contributed by atoms with E-state index in [1.54, 1.807) is 0 Å². The molecular weight excluding hydrogens is 264 g/mol. The number of ether oxygens (including phenoxy) is 2. The van der Waals surface area contributed by atoms with Crippen molar-refractivity contribution in [2.45, 2.75) is 62.8 Å². The summed E-state index contributed by atoms with van der Waals surface area (Å²) in [7, 11) is 0. The lowest BCUT2D eigenvalue weighted by Crippen LogP contribution is -2.33. The number of hydrogen-bond acceptors (Lipinski definition) is 3. The van der Waals surface area contributed by atoms with E-state index in [0.29, 0.717) is 13.2 Å². The minimum atomic E-state index is -0.591. The third kappa shape index (κ3) is 3.47. The van der Waals surface area contributed by atoms with Crippen LogP contribution in [0.4, 0.5) is 0 Å². The molecule has 0 unspecified atom stereocenters. The van der Waals surface area contributed by atoms with Gasteiger partial charge in [-0.05, 0) is 25.7 Å². The Morgan fingerprint density at radius 2 is 1.57 bits per heavy atom. The average Bonchev–Trinajstić information content (AvgIpc) is 2.99. The summed E-state index contributed by atoms with van der Waals surface area (Å²) < 4.78 is 11.9. The molecule has 21 heavy (non-hydrogen) atoms. The molecule has 0 amide bonds. The van der Waals surface area contributed by atoms with Gasteiger partial charge in [0.15, 0.2) is 5.79 Å². The highest BCUT2D eigenvalue weighted by molar-refractivity contribution is 5.21. The van der Waals surface area contributed by atoms with Gasteiger partial charge in [-0.2, -0.15) is 0 Å². The summed E-state index contributed by atoms with van der Waals surface area (Å²) in [5.74, 6) is -0.591. The van der Waals surface area contributed by atoms with Gasteiger partial charge >= 0.3 is 0 Å². The van der Waals surface area contributed by atoms with Crippen molar-refractivity contribution in [2.75, 3.05) is 13.2 Å². The fraction of sp³-hybridized carbons (Fsp3) is 0.667. The van der Waals surface area contributed by atoms with Gasteiger partial charge in [0.25, 0.3) is 0 Å². The first kappa shape index (κ1) is 15.0. The largest absolute Gasteiger partial charge is 0.390 e. The number of benzene rings is 1. The van der Waals surface area contributed by atoms with E-state index in [9.17, 15) is 5.11 Å². The van der Waals surface area contributed by atoms with Crippen LogP contribution < -0.4 is 0 Å². The molecule has 3 rings (SSSR count). The van der Waals surface area contributed by atoms with Crippen molar-refractivity contribution in [1.29, 1.82) is 0 Å². The van der Waals surface area contributed by atoms with Gasteiger partial charge in [-0.3, -0.25) is 0 Å². The molecule has 0 atom stereocenters. The third-order valence-corrected chi connectivity index (χ3v) is 4.90. The molecule has 1 heterocycles. The molecule has 1 aromatic carbocycles. The Balaban J connectivity index is 1.61. The van der Waals surface area contributed by atoms with E-state index in [1.807, 2.05) is 18.2 Å². The lowest BCUT2D eigenvalue weighted by molar-refractivity contribution is -0.173. The molecule has 1 aromatic rings. The van der Waals surface area contributed by atoms with Crippen molar-refractivity contribution in [1.82, 2.24) is 0 Å². The number of hydrogen-bond donors (Lipinski definition) is 1. The summed E-state index contributed by atoms with van der Waals surface area (Å²) in [5.41, 5.74) is 0.646. The van der Waals surface area contributed by atoms with Crippen LogP contribution in [0.15, 0.2) is 30.3 Å². The van der Waals surface area contributed by atoms with E-state index >= 15 is 0 Å². The summed E-state index contributed by atoms with van der Waals surface area (Å²) in [4.78, 5) is 0. The lowest BCUT2D eigenvalue weighted by Gasteiger charge is -2.34. The fourth-order valence-electron chi connectivity index (χ4n) is 3.71. The molecule has 2 fully saturated rings. The molecule has 116 valence electrons. The van der Waals surface area contributed by atoms with Crippen LogP contribution in [0.25, 0.3) is 0 Å². The zero-order valence-corrected chi connectivity index (χ0v) is 12.7. The van der Waals surface area contributed by atoms with Crippen LogP contribution in [-0.2, 0) is 15.3 Å². The maximum absolute atomic E-state index is 10.6. The van der Waals surface area contributed by atoms with Crippen molar-refractivity contribution in [3.63, 3.8) is 0 Å². The highest BCUT2D eigenvalue weighted by atomic mass is 16.7. The van der Waals surface area contributed by atoms with Crippen LogP contribution in [-0.4, -0.2) is 23.9 Å². The predicted octanol–water partition coefficient (Wildman–Crippen LogP) is 3.75. The summed E-state index contributed by atoms with van der Waals surface area (Å²) in [6, 6.07) is 10.2. The first-order chi connectivity index (χ1) is 10.2. The molecule has 2 aliphatic rings. The van der Waals surface area contributed by atoms with E-state index in [1.165, 1.54) is 6.42 Å². The Morgan fingerprint density at radius 3 is 2.24 bits per heavy atom. The smallest absolute Gasteiger partial charge is 0.194 e. The maximum atomic E-state index is 10.6.